The number of hydrogen-bond donors (Lipinski definition) is 32. The Bertz CT molecular complexity index is 4080. The summed E-state index contributed by atoms with van der Waals surface area (Å²) in [5, 5.41) is 228. The number of carbonyl (C=O) groups is 19. The monoisotopic (exact) mass is 1940 g/mol. The van der Waals surface area contributed by atoms with E-state index in [9.17, 15) is 183 Å². The Kier molecular flexibility index (Phi) is 46.5. The highest BCUT2D eigenvalue weighted by atomic mass is 16.8. The molecule has 0 radical (unpaired) electrons. The van der Waals surface area contributed by atoms with Crippen molar-refractivity contribution in [1.82, 2.24) is 69.1 Å². The highest BCUT2D eigenvalue weighted by Gasteiger charge is 2.61. The third kappa shape index (κ3) is 35.1. The van der Waals surface area contributed by atoms with E-state index in [0.29, 0.717) is 0 Å². The highest BCUT2D eigenvalue weighted by Crippen LogP contribution is 2.39. The highest BCUT2D eigenvalue weighted by molar-refractivity contribution is 6.00. The molecule has 4 heterocycles. The molecule has 4 aliphatic rings. The second-order valence-electron chi connectivity index (χ2n) is 32.8. The average molecular weight is 1940 g/mol. The maximum Gasteiger partial charge on any atom is 0.364 e. The maximum absolute atomic E-state index is 14.8. The van der Waals surface area contributed by atoms with Crippen LogP contribution in [-0.2, 0) is 124 Å². The first kappa shape index (κ1) is 115. The number of nitrogens with one attached hydrogen (secondary N) is 13. The fraction of sp³-hybridized carbons (Fsp3) is 0.750. The summed E-state index contributed by atoms with van der Waals surface area (Å²) in [6.45, 7) is 2.82. The zero-order valence-electron chi connectivity index (χ0n) is 73.5. The van der Waals surface area contributed by atoms with Crippen LogP contribution in [0.3, 0.4) is 0 Å². The van der Waals surface area contributed by atoms with Crippen LogP contribution in [0.1, 0.15) is 126 Å². The van der Waals surface area contributed by atoms with Gasteiger partial charge in [0.05, 0.1) is 70.7 Å². The largest absolute Gasteiger partial charge is 0.481 e. The topological polar surface area (TPSA) is 930 Å². The lowest BCUT2D eigenvalue weighted by Crippen LogP contribution is -2.72. The van der Waals surface area contributed by atoms with Gasteiger partial charge in [-0.15, -0.1) is 0 Å². The third-order valence-corrected chi connectivity index (χ3v) is 20.8. The summed E-state index contributed by atoms with van der Waals surface area (Å²) in [4.78, 5) is 251. The van der Waals surface area contributed by atoms with Crippen LogP contribution in [-0.4, -0.2) is 432 Å². The van der Waals surface area contributed by atoms with Crippen LogP contribution in [0.4, 0.5) is 0 Å². The molecule has 0 aromatic carbocycles. The van der Waals surface area contributed by atoms with Crippen molar-refractivity contribution in [3.05, 3.63) is 0 Å². The molecular weight excluding hydrogens is 1810 g/mol. The Morgan fingerprint density at radius 2 is 0.881 bits per heavy atom. The Morgan fingerprint density at radius 1 is 0.425 bits per heavy atom. The van der Waals surface area contributed by atoms with Gasteiger partial charge in [0.15, 0.2) is 18.8 Å². The van der Waals surface area contributed by atoms with Gasteiger partial charge in [-0.25, -0.2) is 9.59 Å². The number of carboxylic acid groups (broad SMARTS) is 6. The summed E-state index contributed by atoms with van der Waals surface area (Å²) < 4.78 is 41.1. The van der Waals surface area contributed by atoms with E-state index < -0.39 is 411 Å². The molecule has 58 nitrogen and oxygen atoms in total. The van der Waals surface area contributed by atoms with Crippen LogP contribution < -0.4 is 69.1 Å². The standard InChI is InChI=1S/C76H121N13O45/c1-26(2)15-35(66(119)81-33(10-13-48(105)106)65(118)87-39(21-90)69(122)82-32(9-12-47(103)104)64(117)86-38(72(124)125)18-50(109)110)84-63(116)34(11-14-49(107)108)83-70(123)51(28(5)94)89-68(121)36(16-27(3)4)85-67(120)37(80-46(102)20-77-29(6)95)17-45(101)88-71-53(79-31(8)97)61(132-73-57(114)54(111)42(100)25-128-73)59(44(24-93)129-71)131-74-58(115)62(56(113)43(23-92)130-74)134-76(75(126)127)19-40(98)52(78-30(7)96)60(133-76)55(112)41(99)22-91/h26-28,32-44,51-62,71,73-74,90-94,98-100,111-115H,9-25H2,1-8H3,(H,77,95)(H,78,96)(H,79,97)(H,80,102)(H,81,119)(H,82,122)(H,83,123)(H,84,116)(H,85,120)(H,86,117)(H,87,118)(H,88,101)(H,89,121)(H,103,104)(H,105,106)(H,107,108)(H,109,110)(H,124,125)(H,126,127)/t28-,32+,33+,34+,35+,36+,37+,38+,39+,40+,41-,42-,43-,44-,51+,52-,53-,54-,55-,56+,57+,58-,59-,60-,61-,62+,71-,73+,74+,76+/m1/s1. The smallest absolute Gasteiger partial charge is 0.364 e. The summed E-state index contributed by atoms with van der Waals surface area (Å²) in [5.74, 6) is -31.8. The molecule has 760 valence electrons. The van der Waals surface area contributed by atoms with Crippen LogP contribution in [0.25, 0.3) is 0 Å². The minimum Gasteiger partial charge on any atom is -0.481 e. The summed E-state index contributed by atoms with van der Waals surface area (Å²) in [5.41, 5.74) is 0. The van der Waals surface area contributed by atoms with Crippen molar-refractivity contribution < 1.29 is 221 Å². The van der Waals surface area contributed by atoms with Crippen molar-refractivity contribution in [1.29, 1.82) is 0 Å². The van der Waals surface area contributed by atoms with E-state index in [2.05, 4.69) is 53.2 Å². The zero-order chi connectivity index (χ0) is 102. The Morgan fingerprint density at radius 3 is 1.33 bits per heavy atom. The van der Waals surface area contributed by atoms with Crippen molar-refractivity contribution in [2.75, 3.05) is 39.6 Å². The average Bonchev–Trinajstić information content (AvgIpc) is 0.751. The molecule has 13 amide bonds. The van der Waals surface area contributed by atoms with E-state index in [0.717, 1.165) is 27.7 Å². The molecule has 30 atom stereocenters. The van der Waals surface area contributed by atoms with Gasteiger partial charge < -0.3 is 199 Å². The molecule has 0 spiro atoms. The third-order valence-electron chi connectivity index (χ3n) is 20.8. The lowest BCUT2D eigenvalue weighted by atomic mass is 9.88. The zero-order valence-corrected chi connectivity index (χ0v) is 73.5. The van der Waals surface area contributed by atoms with Gasteiger partial charge in [0, 0.05) is 46.5 Å². The van der Waals surface area contributed by atoms with Crippen molar-refractivity contribution in [2.24, 2.45) is 11.8 Å². The Labute approximate surface area is 760 Å². The predicted molar refractivity (Wildman–Crippen MR) is 433 cm³/mol. The SMILES string of the molecule is CC(=O)NCC(=O)N[C@@H](CC(=O)N[C@@H]1O[C@H](CO)[C@@H](O[C@@H]2O[C@H](CO)[C@H](O)[C@H](O[C@]3(C(=O)O)C[C@H](O)[C@@H](NC(C)=O)[C@H]([C@H](O)[C@H](O)CO)O3)[C@H]2O)[C@H](O[C@@H]2OC[C@@H](O)[C@@H](O)[C@@H]2O)[C@H]1NC(C)=O)C(=O)N[C@@H](CC(C)C)C(=O)N[C@H](C(=O)N[C@@H](CCC(=O)O)C(=O)N[C@@H](CC(C)C)C(=O)N[C@@H](CCC(=O)O)C(=O)N[C@@H](CO)C(=O)N[C@@H](CCC(=O)O)C(=O)N[C@@H](CC(=O)O)C(=O)O)[C@@H](C)O. The molecule has 4 saturated heterocycles. The lowest BCUT2D eigenvalue weighted by Gasteiger charge is -2.51. The van der Waals surface area contributed by atoms with Crippen molar-refractivity contribution in [3.63, 3.8) is 0 Å². The fourth-order valence-corrected chi connectivity index (χ4v) is 14.1. The lowest BCUT2D eigenvalue weighted by molar-refractivity contribution is -0.385. The molecule has 0 unspecified atom stereocenters. The van der Waals surface area contributed by atoms with Gasteiger partial charge in [-0.1, -0.05) is 27.7 Å². The van der Waals surface area contributed by atoms with E-state index in [4.69, 9.17) is 38.3 Å². The van der Waals surface area contributed by atoms with E-state index in [-0.39, 0.29) is 6.42 Å². The first-order valence-corrected chi connectivity index (χ1v) is 41.8. The van der Waals surface area contributed by atoms with Crippen LogP contribution in [0.2, 0.25) is 0 Å². The van der Waals surface area contributed by atoms with Crippen LogP contribution in [0.5, 0.6) is 0 Å². The van der Waals surface area contributed by atoms with Gasteiger partial charge in [0.25, 0.3) is 5.79 Å². The summed E-state index contributed by atoms with van der Waals surface area (Å²) >= 11 is 0. The summed E-state index contributed by atoms with van der Waals surface area (Å²) in [6, 6.07) is -22.3. The summed E-state index contributed by atoms with van der Waals surface area (Å²) in [7, 11) is 0. The van der Waals surface area contributed by atoms with Crippen LogP contribution >= 0.6 is 0 Å². The molecule has 4 rings (SSSR count). The fourth-order valence-electron chi connectivity index (χ4n) is 14.1. The number of rotatable bonds is 54. The molecular formula is C76H121N13O45. The van der Waals surface area contributed by atoms with Crippen molar-refractivity contribution >= 4 is 113 Å². The second kappa shape index (κ2) is 54.0. The number of ether oxygens (including phenoxy) is 7. The number of aliphatic carboxylic acids is 6. The minimum absolute atomic E-state index is 0.387. The number of carbonyl (C=O) groups excluding carboxylic acids is 13. The predicted octanol–water partition coefficient (Wildman–Crippen LogP) is -16.0. The minimum atomic E-state index is -3.35. The maximum atomic E-state index is 14.8. The molecule has 58 heteroatoms. The van der Waals surface area contributed by atoms with Gasteiger partial charge in [-0.05, 0) is 50.9 Å². The van der Waals surface area contributed by atoms with Crippen LogP contribution in [0.15, 0.2) is 0 Å². The van der Waals surface area contributed by atoms with Gasteiger partial charge in [0.1, 0.15) is 140 Å². The number of carboxylic acids is 6. The van der Waals surface area contributed by atoms with Gasteiger partial charge in [-0.3, -0.25) is 81.5 Å². The molecule has 0 aromatic heterocycles. The molecule has 0 aliphatic carbocycles. The normalized spacial score (nSPS) is 27.2. The first-order valence-electron chi connectivity index (χ1n) is 41.8. The number of aliphatic hydroxyl groups is 13. The Hall–Kier alpha value is -10.9. The second-order valence-corrected chi connectivity index (χ2v) is 32.8. The van der Waals surface area contributed by atoms with Gasteiger partial charge in [0.2, 0.25) is 76.8 Å². The van der Waals surface area contributed by atoms with E-state index in [1.54, 1.807) is 0 Å². The summed E-state index contributed by atoms with van der Waals surface area (Å²) in [6.07, 6.45) is -49.5. The van der Waals surface area contributed by atoms with Crippen LogP contribution in [0, 0.1) is 11.8 Å². The molecule has 0 bridgehead atoms. The molecule has 4 aliphatic heterocycles. The van der Waals surface area contributed by atoms with Gasteiger partial charge in [-0.2, -0.15) is 0 Å². The molecule has 4 fully saturated rings. The number of amides is 13. The Balaban J connectivity index is 1.71. The van der Waals surface area contributed by atoms with E-state index >= 15 is 0 Å². The van der Waals surface area contributed by atoms with E-state index in [1.165, 1.54) is 27.7 Å². The number of hydrogen-bond acceptors (Lipinski definition) is 39. The molecule has 134 heavy (non-hydrogen) atoms. The number of aliphatic hydroxyl groups excluding tert-OH is 13. The van der Waals surface area contributed by atoms with E-state index in [1.807, 2.05) is 16.0 Å². The molecule has 0 saturated carbocycles. The van der Waals surface area contributed by atoms with Gasteiger partial charge >= 0.3 is 35.8 Å². The molecule has 32 N–H and O–H groups in total. The quantitative estimate of drug-likeness (QED) is 0.0269. The van der Waals surface area contributed by atoms with Crippen molar-refractivity contribution in [3.8, 4) is 0 Å². The molecule has 0 aromatic rings. The van der Waals surface area contributed by atoms with Crippen molar-refractivity contribution in [2.45, 2.75) is 309 Å². The first-order chi connectivity index (χ1) is 62.5.